The van der Waals surface area contributed by atoms with Crippen molar-refractivity contribution in [3.63, 3.8) is 0 Å². The second-order valence-corrected chi connectivity index (χ2v) is 17.5. The van der Waals surface area contributed by atoms with Crippen LogP contribution in [-0.2, 0) is 20.5 Å². The Morgan fingerprint density at radius 1 is 0.951 bits per heavy atom. The molecule has 2 aromatic rings. The zero-order valence-corrected chi connectivity index (χ0v) is 27.2. The Balaban J connectivity index is 2.51. The summed E-state index contributed by atoms with van der Waals surface area (Å²) in [7, 11) is -2.12. The van der Waals surface area contributed by atoms with Gasteiger partial charge in [0.1, 0.15) is 12.1 Å². The zero-order chi connectivity index (χ0) is 30.8. The summed E-state index contributed by atoms with van der Waals surface area (Å²) in [5, 5.41) is 1.64. The van der Waals surface area contributed by atoms with E-state index in [1.165, 1.54) is 0 Å². The van der Waals surface area contributed by atoms with Gasteiger partial charge in [-0.2, -0.15) is 4.79 Å². The molecule has 0 bridgehead atoms. The van der Waals surface area contributed by atoms with E-state index in [-0.39, 0.29) is 47.6 Å². The van der Waals surface area contributed by atoms with E-state index in [1.54, 1.807) is 29.3 Å². The highest BCUT2D eigenvalue weighted by Crippen LogP contribution is 2.36. The highest BCUT2D eigenvalue weighted by molar-refractivity contribution is 6.74. The SMILES string of the molecule is CC(C)C(OC(=O)C(=[N+]=[N-])C(CCO[Si](C)(C)C(C)(C)C)N(Cc1ccccc1)NC(=O)c1ccccc1)C(C)C. The van der Waals surface area contributed by atoms with Crippen LogP contribution in [0.1, 0.15) is 70.8 Å². The maximum atomic E-state index is 13.6. The highest BCUT2D eigenvalue weighted by atomic mass is 28.4. The van der Waals surface area contributed by atoms with Crippen LogP contribution in [-0.4, -0.2) is 54.5 Å². The Morgan fingerprint density at radius 3 is 1.98 bits per heavy atom. The van der Waals surface area contributed by atoms with E-state index >= 15 is 0 Å². The van der Waals surface area contributed by atoms with Crippen LogP contribution >= 0.6 is 0 Å². The zero-order valence-electron chi connectivity index (χ0n) is 26.2. The summed E-state index contributed by atoms with van der Waals surface area (Å²) in [5.74, 6) is -0.927. The Hall–Kier alpha value is -3.10. The summed E-state index contributed by atoms with van der Waals surface area (Å²) in [6.45, 7) is 19.3. The fraction of sp³-hybridized carbons (Fsp3) is 0.531. The van der Waals surface area contributed by atoms with Crippen LogP contribution in [0.4, 0.5) is 0 Å². The molecule has 224 valence electrons. The molecule has 0 aliphatic rings. The summed E-state index contributed by atoms with van der Waals surface area (Å²) in [4.78, 5) is 30.4. The molecule has 1 N–H and O–H groups in total. The van der Waals surface area contributed by atoms with E-state index in [4.69, 9.17) is 9.16 Å². The number of rotatable bonds is 14. The lowest BCUT2D eigenvalue weighted by molar-refractivity contribution is -0.151. The number of hydrazine groups is 1. The van der Waals surface area contributed by atoms with Crippen molar-refractivity contribution in [3.05, 3.63) is 77.3 Å². The lowest BCUT2D eigenvalue weighted by atomic mass is 9.96. The van der Waals surface area contributed by atoms with Crippen LogP contribution in [0, 0.1) is 11.8 Å². The smallest absolute Gasteiger partial charge is 0.419 e. The molecule has 9 heteroatoms. The maximum Gasteiger partial charge on any atom is 0.419 e. The molecule has 0 fully saturated rings. The monoisotopic (exact) mass is 580 g/mol. The molecule has 0 radical (unpaired) electrons. The predicted molar refractivity (Wildman–Crippen MR) is 166 cm³/mol. The number of benzene rings is 2. The molecule has 1 amide bonds. The first-order valence-electron chi connectivity index (χ1n) is 14.4. The Morgan fingerprint density at radius 2 is 1.49 bits per heavy atom. The van der Waals surface area contributed by atoms with Gasteiger partial charge in [0.2, 0.25) is 0 Å². The average Bonchev–Trinajstić information content (AvgIpc) is 2.90. The molecule has 0 saturated heterocycles. The maximum absolute atomic E-state index is 13.6. The Labute approximate surface area is 247 Å². The standard InChI is InChI=1S/C32H48N4O4Si/c1-23(2)29(24(3)4)40-31(38)28(34-33)27(20-21-39-41(8,9)32(5,6)7)36(22-25-16-12-10-13-17-25)35-30(37)26-18-14-11-15-19-26/h10-19,23-24,27,29H,20-22H2,1-9H3,(H,35,37). The predicted octanol–water partition coefficient (Wildman–Crippen LogP) is 6.51. The van der Waals surface area contributed by atoms with E-state index < -0.39 is 20.3 Å². The molecular weight excluding hydrogens is 532 g/mol. The molecule has 0 aromatic heterocycles. The van der Waals surface area contributed by atoms with Gasteiger partial charge in [-0.15, -0.1) is 0 Å². The fourth-order valence-electron chi connectivity index (χ4n) is 4.34. The number of carbonyl (C=O) groups is 2. The second kappa shape index (κ2) is 15.2. The van der Waals surface area contributed by atoms with E-state index in [1.807, 2.05) is 64.1 Å². The molecule has 0 spiro atoms. The van der Waals surface area contributed by atoms with Crippen molar-refractivity contribution in [1.29, 1.82) is 0 Å². The molecule has 1 unspecified atom stereocenters. The van der Waals surface area contributed by atoms with Crippen molar-refractivity contribution in [1.82, 2.24) is 10.4 Å². The lowest BCUT2D eigenvalue weighted by Gasteiger charge is -2.37. The third kappa shape index (κ3) is 10.0. The van der Waals surface area contributed by atoms with Gasteiger partial charge in [-0.1, -0.05) is 97.0 Å². The van der Waals surface area contributed by atoms with Crippen molar-refractivity contribution in [2.75, 3.05) is 6.61 Å². The summed E-state index contributed by atoms with van der Waals surface area (Å²) >= 11 is 0. The van der Waals surface area contributed by atoms with Crippen LogP contribution in [0.25, 0.3) is 5.53 Å². The molecule has 0 aliphatic carbocycles. The molecular formula is C32H48N4O4Si. The Kier molecular flexibility index (Phi) is 12.7. The molecule has 0 saturated carbocycles. The first kappa shape index (κ1) is 34.1. The minimum atomic E-state index is -2.12. The van der Waals surface area contributed by atoms with Crippen LogP contribution in [0.2, 0.25) is 18.1 Å². The molecule has 2 rings (SSSR count). The van der Waals surface area contributed by atoms with E-state index in [0.717, 1.165) is 5.56 Å². The molecule has 41 heavy (non-hydrogen) atoms. The van der Waals surface area contributed by atoms with Crippen LogP contribution in [0.3, 0.4) is 0 Å². The molecule has 1 atom stereocenters. The number of hydrogen-bond donors (Lipinski definition) is 1. The van der Waals surface area contributed by atoms with Gasteiger partial charge < -0.3 is 14.7 Å². The van der Waals surface area contributed by atoms with Gasteiger partial charge in [0.05, 0.1) is 0 Å². The van der Waals surface area contributed by atoms with Crippen molar-refractivity contribution in [2.45, 2.75) is 91.7 Å². The number of carbonyl (C=O) groups excluding carboxylic acids is 2. The number of ether oxygens (including phenoxy) is 1. The minimum absolute atomic E-state index is 0.0116. The fourth-order valence-corrected chi connectivity index (χ4v) is 5.41. The molecule has 0 aliphatic heterocycles. The summed E-state index contributed by atoms with van der Waals surface area (Å²) < 4.78 is 12.4. The molecule has 0 heterocycles. The number of esters is 1. The van der Waals surface area contributed by atoms with Crippen molar-refractivity contribution in [3.8, 4) is 0 Å². The third-order valence-corrected chi connectivity index (χ3v) is 12.2. The number of amides is 1. The number of hydrogen-bond acceptors (Lipinski definition) is 5. The van der Waals surface area contributed by atoms with Gasteiger partial charge in [0.15, 0.2) is 8.32 Å². The minimum Gasteiger partial charge on any atom is -0.453 e. The van der Waals surface area contributed by atoms with Gasteiger partial charge >= 0.3 is 11.7 Å². The van der Waals surface area contributed by atoms with Crippen molar-refractivity contribution >= 4 is 25.9 Å². The van der Waals surface area contributed by atoms with Crippen LogP contribution < -0.4 is 5.43 Å². The van der Waals surface area contributed by atoms with E-state index in [2.05, 4.69) is 44.1 Å². The van der Waals surface area contributed by atoms with Crippen LogP contribution in [0.15, 0.2) is 60.7 Å². The van der Waals surface area contributed by atoms with Gasteiger partial charge in [-0.3, -0.25) is 10.2 Å². The first-order valence-corrected chi connectivity index (χ1v) is 17.3. The molecule has 8 nitrogen and oxygen atoms in total. The van der Waals surface area contributed by atoms with Gasteiger partial charge in [0.25, 0.3) is 5.91 Å². The van der Waals surface area contributed by atoms with E-state index in [9.17, 15) is 15.1 Å². The number of nitrogens with one attached hydrogen (secondary N) is 1. The quantitative estimate of drug-likeness (QED) is 0.0685. The number of nitrogens with zero attached hydrogens (tertiary/aromatic N) is 3. The third-order valence-electron chi connectivity index (χ3n) is 7.70. The lowest BCUT2D eigenvalue weighted by Crippen LogP contribution is -2.54. The largest absolute Gasteiger partial charge is 0.453 e. The van der Waals surface area contributed by atoms with Gasteiger partial charge in [-0.25, -0.2) is 9.80 Å². The summed E-state index contributed by atoms with van der Waals surface area (Å²) in [5.41, 5.74) is 14.4. The van der Waals surface area contributed by atoms with E-state index in [0.29, 0.717) is 12.2 Å². The second-order valence-electron chi connectivity index (χ2n) is 12.7. The van der Waals surface area contributed by atoms with Gasteiger partial charge in [0, 0.05) is 18.7 Å². The first-order chi connectivity index (χ1) is 19.2. The Bertz CT molecular complexity index is 1170. The summed E-state index contributed by atoms with van der Waals surface area (Å²) in [6.07, 6.45) is -0.0819. The topological polar surface area (TPSA) is 104 Å². The van der Waals surface area contributed by atoms with Gasteiger partial charge in [-0.05, 0) is 54.1 Å². The van der Waals surface area contributed by atoms with Crippen LogP contribution in [0.5, 0.6) is 0 Å². The summed E-state index contributed by atoms with van der Waals surface area (Å²) in [6, 6.07) is 17.6. The molecule has 2 aromatic carbocycles. The van der Waals surface area contributed by atoms with Crippen molar-refractivity contribution in [2.24, 2.45) is 11.8 Å². The average molecular weight is 581 g/mol. The normalized spacial score (nSPS) is 12.9. The van der Waals surface area contributed by atoms with Crippen molar-refractivity contribution < 1.29 is 23.5 Å². The highest BCUT2D eigenvalue weighted by Gasteiger charge is 2.42.